The van der Waals surface area contributed by atoms with Gasteiger partial charge in [0.05, 0.1) is 10.5 Å². The van der Waals surface area contributed by atoms with E-state index >= 15 is 0 Å². The van der Waals surface area contributed by atoms with Crippen LogP contribution in [-0.4, -0.2) is 35.4 Å². The van der Waals surface area contributed by atoms with Gasteiger partial charge >= 0.3 is 11.9 Å². The van der Waals surface area contributed by atoms with Gasteiger partial charge in [0, 0.05) is 20.2 Å². The maximum atomic E-state index is 12.1. The zero-order chi connectivity index (χ0) is 15.2. The van der Waals surface area contributed by atoms with Crippen molar-refractivity contribution in [3.63, 3.8) is 0 Å². The number of benzene rings is 1. The van der Waals surface area contributed by atoms with Gasteiger partial charge in [-0.1, -0.05) is 0 Å². The summed E-state index contributed by atoms with van der Waals surface area (Å²) in [5.41, 5.74) is -2.12. The van der Waals surface area contributed by atoms with E-state index in [4.69, 9.17) is 5.11 Å². The molecule has 0 aromatic heterocycles. The molecular weight excluding hydrogens is 269 g/mol. The number of hydrogen-bond acceptors (Lipinski definition) is 4. The number of nitrogens with zero attached hydrogens (tertiary/aromatic N) is 2. The summed E-state index contributed by atoms with van der Waals surface area (Å²) in [4.78, 5) is 20.0. The third kappa shape index (κ3) is 5.70. The number of nitro groups is 1. The molecule has 1 N–H and O–H groups in total. The molecule has 19 heavy (non-hydrogen) atoms. The highest BCUT2D eigenvalue weighted by molar-refractivity contribution is 5.48. The van der Waals surface area contributed by atoms with E-state index in [1.807, 2.05) is 0 Å². The van der Waals surface area contributed by atoms with Crippen molar-refractivity contribution in [3.8, 4) is 5.75 Å². The first-order chi connectivity index (χ1) is 8.59. The van der Waals surface area contributed by atoms with Gasteiger partial charge < -0.3 is 10.0 Å². The van der Waals surface area contributed by atoms with Gasteiger partial charge in [-0.3, -0.25) is 14.9 Å². The number of phenols is 1. The molecule has 6 nitrogen and oxygen atoms in total. The van der Waals surface area contributed by atoms with Crippen molar-refractivity contribution in [3.05, 3.63) is 33.9 Å². The average molecular weight is 280 g/mol. The molecule has 0 heterocycles. The summed E-state index contributed by atoms with van der Waals surface area (Å²) in [6, 6.07) is 1.50. The second kappa shape index (κ2) is 6.57. The molecule has 0 aliphatic heterocycles. The summed E-state index contributed by atoms with van der Waals surface area (Å²) in [6.07, 6.45) is -3.90. The third-order valence-corrected chi connectivity index (χ3v) is 1.71. The fourth-order valence-electron chi connectivity index (χ4n) is 0.846. The van der Waals surface area contributed by atoms with Gasteiger partial charge in [-0.2, -0.15) is 13.2 Å². The van der Waals surface area contributed by atoms with Gasteiger partial charge in [0.1, 0.15) is 0 Å². The molecule has 0 fully saturated rings. The molecule has 0 radical (unpaired) electrons. The Morgan fingerprint density at radius 1 is 1.37 bits per heavy atom. The van der Waals surface area contributed by atoms with Crippen molar-refractivity contribution >= 4 is 12.1 Å². The Hall–Kier alpha value is -2.32. The Morgan fingerprint density at radius 3 is 2.16 bits per heavy atom. The number of nitro benzene ring substituents is 1. The fourth-order valence-corrected chi connectivity index (χ4v) is 0.846. The van der Waals surface area contributed by atoms with Crippen molar-refractivity contribution in [2.24, 2.45) is 0 Å². The number of alkyl halides is 3. The van der Waals surface area contributed by atoms with Gasteiger partial charge in [0.25, 0.3) is 0 Å². The monoisotopic (exact) mass is 280 g/mol. The van der Waals surface area contributed by atoms with Crippen LogP contribution in [0.4, 0.5) is 18.9 Å². The van der Waals surface area contributed by atoms with E-state index in [2.05, 4.69) is 0 Å². The van der Waals surface area contributed by atoms with Crippen molar-refractivity contribution in [2.75, 3.05) is 14.1 Å². The predicted octanol–water partition coefficient (Wildman–Crippen LogP) is 2.02. The number of carbonyl (C=O) groups excluding carboxylic acids is 1. The lowest BCUT2D eigenvalue weighted by atomic mass is 10.2. The fraction of sp³-hybridized carbons (Fsp3) is 0.300. The zero-order valence-corrected chi connectivity index (χ0v) is 10.0. The van der Waals surface area contributed by atoms with Crippen molar-refractivity contribution < 1.29 is 28.0 Å². The van der Waals surface area contributed by atoms with Crippen LogP contribution in [0.3, 0.4) is 0 Å². The molecule has 0 aliphatic carbocycles. The number of rotatable bonds is 2. The molecular formula is C10H11F3N2O4. The Labute approximate surface area is 106 Å². The number of aromatic hydroxyl groups is 1. The van der Waals surface area contributed by atoms with E-state index in [0.29, 0.717) is 12.1 Å². The molecule has 0 spiro atoms. The summed E-state index contributed by atoms with van der Waals surface area (Å²) in [7, 11) is 3.38. The predicted molar refractivity (Wildman–Crippen MR) is 59.5 cm³/mol. The van der Waals surface area contributed by atoms with Gasteiger partial charge in [-0.25, -0.2) is 0 Å². The molecule has 0 unspecified atom stereocenters. The minimum Gasteiger partial charge on any atom is -0.502 e. The highest BCUT2D eigenvalue weighted by atomic mass is 19.4. The van der Waals surface area contributed by atoms with Crippen LogP contribution in [0, 0.1) is 10.1 Å². The molecule has 0 aliphatic rings. The Kier molecular flexibility index (Phi) is 5.77. The van der Waals surface area contributed by atoms with Crippen LogP contribution < -0.4 is 0 Å². The van der Waals surface area contributed by atoms with E-state index in [1.165, 1.54) is 4.90 Å². The van der Waals surface area contributed by atoms with Gasteiger partial charge in [-0.15, -0.1) is 0 Å². The van der Waals surface area contributed by atoms with Crippen molar-refractivity contribution in [1.82, 2.24) is 4.90 Å². The minimum absolute atomic E-state index is 0.287. The molecule has 0 saturated carbocycles. The topological polar surface area (TPSA) is 83.7 Å². The van der Waals surface area contributed by atoms with Crippen LogP contribution >= 0.6 is 0 Å². The van der Waals surface area contributed by atoms with Crippen LogP contribution in [0.2, 0.25) is 0 Å². The van der Waals surface area contributed by atoms with Crippen LogP contribution in [0.15, 0.2) is 18.2 Å². The van der Waals surface area contributed by atoms with Crippen molar-refractivity contribution in [1.29, 1.82) is 0 Å². The first-order valence-electron chi connectivity index (χ1n) is 4.76. The van der Waals surface area contributed by atoms with Crippen molar-refractivity contribution in [2.45, 2.75) is 6.18 Å². The first-order valence-corrected chi connectivity index (χ1v) is 4.76. The minimum atomic E-state index is -4.65. The quantitative estimate of drug-likeness (QED) is 0.510. The van der Waals surface area contributed by atoms with Crippen LogP contribution in [0.5, 0.6) is 5.75 Å². The molecule has 1 aromatic carbocycles. The maximum absolute atomic E-state index is 12.1. The largest absolute Gasteiger partial charge is 0.502 e. The molecule has 0 saturated heterocycles. The summed E-state index contributed by atoms with van der Waals surface area (Å²) in [5, 5.41) is 19.0. The maximum Gasteiger partial charge on any atom is 0.416 e. The summed E-state index contributed by atoms with van der Waals surface area (Å²) >= 11 is 0. The zero-order valence-electron chi connectivity index (χ0n) is 10.0. The second-order valence-corrected chi connectivity index (χ2v) is 3.53. The van der Waals surface area contributed by atoms with E-state index in [0.717, 1.165) is 6.41 Å². The highest BCUT2D eigenvalue weighted by Crippen LogP contribution is 2.35. The number of phenolic OH excluding ortho intramolecular Hbond substituents is 1. The molecule has 1 aromatic rings. The van der Waals surface area contributed by atoms with E-state index in [1.54, 1.807) is 14.1 Å². The number of carbonyl (C=O) groups is 1. The standard InChI is InChI=1S/C7H4F3NO3.C3H7NO/c8-7(9,10)4-1-2-6(12)5(3-4)11(13)14;1-4(2)3-5/h1-3,12H;3H,1-2H3. The molecule has 106 valence electrons. The molecule has 0 atom stereocenters. The van der Waals surface area contributed by atoms with Crippen LogP contribution in [0.1, 0.15) is 5.56 Å². The molecule has 9 heteroatoms. The Morgan fingerprint density at radius 2 is 1.84 bits per heavy atom. The molecule has 1 rings (SSSR count). The lowest BCUT2D eigenvalue weighted by molar-refractivity contribution is -0.386. The number of halogens is 3. The van der Waals surface area contributed by atoms with Gasteiger partial charge in [0.2, 0.25) is 6.41 Å². The summed E-state index contributed by atoms with van der Waals surface area (Å²) in [6.45, 7) is 0. The smallest absolute Gasteiger partial charge is 0.416 e. The lowest BCUT2D eigenvalue weighted by Crippen LogP contribution is -2.06. The van der Waals surface area contributed by atoms with E-state index in [9.17, 15) is 28.1 Å². The molecule has 1 amide bonds. The van der Waals surface area contributed by atoms with E-state index < -0.39 is 28.1 Å². The Bertz CT molecular complexity index is 461. The summed E-state index contributed by atoms with van der Waals surface area (Å²) in [5.74, 6) is -0.789. The van der Waals surface area contributed by atoms with E-state index in [-0.39, 0.29) is 6.07 Å². The first kappa shape index (κ1) is 16.7. The number of amides is 1. The van der Waals surface area contributed by atoms with Gasteiger partial charge in [0.15, 0.2) is 5.75 Å². The summed E-state index contributed by atoms with van der Waals surface area (Å²) < 4.78 is 36.2. The SMILES string of the molecule is CN(C)C=O.O=[N+]([O-])c1cc(C(F)(F)F)ccc1O. The second-order valence-electron chi connectivity index (χ2n) is 3.53. The normalized spacial score (nSPS) is 10.2. The van der Waals surface area contributed by atoms with Crippen LogP contribution in [0.25, 0.3) is 0 Å². The van der Waals surface area contributed by atoms with Gasteiger partial charge in [-0.05, 0) is 12.1 Å². The highest BCUT2D eigenvalue weighted by Gasteiger charge is 2.32. The molecule has 0 bridgehead atoms. The third-order valence-electron chi connectivity index (χ3n) is 1.71. The Balaban J connectivity index is 0.000000555. The number of hydrogen-bond donors (Lipinski definition) is 1. The lowest BCUT2D eigenvalue weighted by Gasteiger charge is -2.05. The average Bonchev–Trinajstić information content (AvgIpc) is 2.28. The van der Waals surface area contributed by atoms with Crippen LogP contribution in [-0.2, 0) is 11.0 Å².